The highest BCUT2D eigenvalue weighted by atomic mass is 79.9. The van der Waals surface area contributed by atoms with Gasteiger partial charge in [0.1, 0.15) is 5.82 Å². The Kier molecular flexibility index (Phi) is 4.86. The van der Waals surface area contributed by atoms with Gasteiger partial charge in [0.2, 0.25) is 0 Å². The van der Waals surface area contributed by atoms with Crippen molar-refractivity contribution in [2.45, 2.75) is 13.8 Å². The fraction of sp³-hybridized carbons (Fsp3) is 0.250. The highest BCUT2D eigenvalue weighted by Crippen LogP contribution is 2.16. The summed E-state index contributed by atoms with van der Waals surface area (Å²) in [5.41, 5.74) is 5.71. The normalized spacial score (nSPS) is 8.36. The average Bonchev–Trinajstić information content (AvgIpc) is 2.02. The van der Waals surface area contributed by atoms with E-state index in [0.29, 0.717) is 10.2 Å². The molecule has 0 bridgehead atoms. The summed E-state index contributed by atoms with van der Waals surface area (Å²) in [5.74, 6) is -0.324. The Morgan fingerprint density at radius 2 is 1.91 bits per heavy atom. The van der Waals surface area contributed by atoms with Crippen LogP contribution in [0.15, 0.2) is 22.7 Å². The van der Waals surface area contributed by atoms with Crippen LogP contribution in [0.1, 0.15) is 13.8 Å². The molecular weight excluding hydrogens is 209 g/mol. The van der Waals surface area contributed by atoms with Crippen molar-refractivity contribution < 1.29 is 4.39 Å². The first kappa shape index (κ1) is 10.4. The molecule has 1 rings (SSSR count). The number of halogens is 2. The third kappa shape index (κ3) is 3.37. The molecule has 0 fully saturated rings. The van der Waals surface area contributed by atoms with Crippen LogP contribution in [0, 0.1) is 5.82 Å². The fourth-order valence-electron chi connectivity index (χ4n) is 0.512. The second-order valence-corrected chi connectivity index (χ2v) is 2.53. The van der Waals surface area contributed by atoms with Gasteiger partial charge in [0.05, 0.1) is 4.47 Å². The minimum Gasteiger partial charge on any atom is -0.399 e. The average molecular weight is 220 g/mol. The predicted octanol–water partition coefficient (Wildman–Crippen LogP) is 3.20. The first-order valence-electron chi connectivity index (χ1n) is 3.40. The van der Waals surface area contributed by atoms with Crippen molar-refractivity contribution in [1.82, 2.24) is 0 Å². The SMILES string of the molecule is CC.Nc1ccc(Br)c(F)c1. The van der Waals surface area contributed by atoms with Crippen molar-refractivity contribution in [2.75, 3.05) is 5.73 Å². The Balaban J connectivity index is 0.000000461. The second kappa shape index (κ2) is 5.13. The lowest BCUT2D eigenvalue weighted by atomic mass is 10.3. The molecule has 0 aliphatic carbocycles. The molecule has 0 aromatic heterocycles. The molecule has 3 heteroatoms. The molecule has 1 nitrogen and oxygen atoms in total. The van der Waals surface area contributed by atoms with E-state index in [9.17, 15) is 4.39 Å². The summed E-state index contributed by atoms with van der Waals surface area (Å²) in [4.78, 5) is 0. The summed E-state index contributed by atoms with van der Waals surface area (Å²) in [7, 11) is 0. The fourth-order valence-corrected chi connectivity index (χ4v) is 0.759. The van der Waals surface area contributed by atoms with Gasteiger partial charge in [-0.3, -0.25) is 0 Å². The third-order valence-corrected chi connectivity index (χ3v) is 1.59. The van der Waals surface area contributed by atoms with Crippen molar-refractivity contribution in [3.63, 3.8) is 0 Å². The lowest BCUT2D eigenvalue weighted by molar-refractivity contribution is 0.622. The maximum atomic E-state index is 12.5. The van der Waals surface area contributed by atoms with Gasteiger partial charge in [0.25, 0.3) is 0 Å². The minimum absolute atomic E-state index is 0.324. The van der Waals surface area contributed by atoms with Crippen molar-refractivity contribution >= 4 is 21.6 Å². The van der Waals surface area contributed by atoms with Crippen molar-refractivity contribution in [2.24, 2.45) is 0 Å². The molecule has 2 N–H and O–H groups in total. The Hall–Kier alpha value is -0.570. The van der Waals surface area contributed by atoms with Crippen molar-refractivity contribution in [3.05, 3.63) is 28.5 Å². The van der Waals surface area contributed by atoms with Gasteiger partial charge in [0, 0.05) is 5.69 Å². The van der Waals surface area contributed by atoms with Gasteiger partial charge in [-0.25, -0.2) is 4.39 Å². The highest BCUT2D eigenvalue weighted by Gasteiger charge is 1.95. The number of anilines is 1. The molecule has 0 heterocycles. The Bertz CT molecular complexity index is 225. The molecule has 62 valence electrons. The molecule has 1 aromatic carbocycles. The minimum atomic E-state index is -0.324. The smallest absolute Gasteiger partial charge is 0.139 e. The summed E-state index contributed by atoms with van der Waals surface area (Å²) in [6.07, 6.45) is 0. The van der Waals surface area contributed by atoms with Crippen LogP contribution in [-0.4, -0.2) is 0 Å². The largest absolute Gasteiger partial charge is 0.399 e. The van der Waals surface area contributed by atoms with Gasteiger partial charge in [-0.15, -0.1) is 0 Å². The van der Waals surface area contributed by atoms with E-state index < -0.39 is 0 Å². The summed E-state index contributed by atoms with van der Waals surface area (Å²) < 4.78 is 12.9. The second-order valence-electron chi connectivity index (χ2n) is 1.67. The molecule has 0 atom stereocenters. The van der Waals surface area contributed by atoms with Gasteiger partial charge >= 0.3 is 0 Å². The first-order chi connectivity index (χ1) is 5.20. The van der Waals surface area contributed by atoms with Crippen LogP contribution in [-0.2, 0) is 0 Å². The molecule has 0 unspecified atom stereocenters. The zero-order valence-corrected chi connectivity index (χ0v) is 8.15. The first-order valence-corrected chi connectivity index (χ1v) is 4.20. The Labute approximate surface area is 74.5 Å². The summed E-state index contributed by atoms with van der Waals surface area (Å²) in [6, 6.07) is 4.47. The molecule has 0 saturated carbocycles. The van der Waals surface area contributed by atoms with Gasteiger partial charge in [-0.05, 0) is 34.1 Å². The summed E-state index contributed by atoms with van der Waals surface area (Å²) in [6.45, 7) is 4.00. The molecular formula is C8H11BrFN. The van der Waals surface area contributed by atoms with E-state index >= 15 is 0 Å². The predicted molar refractivity (Wildman–Crippen MR) is 49.9 cm³/mol. The topological polar surface area (TPSA) is 26.0 Å². The van der Waals surface area contributed by atoms with Crippen LogP contribution in [0.5, 0.6) is 0 Å². The maximum Gasteiger partial charge on any atom is 0.139 e. The van der Waals surface area contributed by atoms with E-state index in [0.717, 1.165) is 0 Å². The molecule has 0 aliphatic rings. The standard InChI is InChI=1S/C6H5BrFN.C2H6/c7-5-2-1-4(9)3-6(5)8;1-2/h1-3H,9H2;1-2H3. The van der Waals surface area contributed by atoms with Crippen LogP contribution in [0.3, 0.4) is 0 Å². The molecule has 0 saturated heterocycles. The molecule has 0 amide bonds. The van der Waals surface area contributed by atoms with E-state index in [1.807, 2.05) is 13.8 Å². The van der Waals surface area contributed by atoms with E-state index in [-0.39, 0.29) is 5.82 Å². The quantitative estimate of drug-likeness (QED) is 0.667. The summed E-state index contributed by atoms with van der Waals surface area (Å²) in [5, 5.41) is 0. The maximum absolute atomic E-state index is 12.5. The van der Waals surface area contributed by atoms with Crippen molar-refractivity contribution in [1.29, 1.82) is 0 Å². The zero-order chi connectivity index (χ0) is 8.85. The van der Waals surface area contributed by atoms with E-state index in [1.165, 1.54) is 6.07 Å². The number of rotatable bonds is 0. The number of nitrogens with two attached hydrogens (primary N) is 1. The Morgan fingerprint density at radius 3 is 2.27 bits per heavy atom. The van der Waals surface area contributed by atoms with E-state index in [4.69, 9.17) is 5.73 Å². The van der Waals surface area contributed by atoms with Gasteiger partial charge in [-0.2, -0.15) is 0 Å². The lowest BCUT2D eigenvalue weighted by Gasteiger charge is -1.93. The number of benzene rings is 1. The van der Waals surface area contributed by atoms with Crippen LogP contribution < -0.4 is 5.73 Å². The number of nitrogen functional groups attached to an aromatic ring is 1. The lowest BCUT2D eigenvalue weighted by Crippen LogP contribution is -1.85. The van der Waals surface area contributed by atoms with Crippen molar-refractivity contribution in [3.8, 4) is 0 Å². The van der Waals surface area contributed by atoms with Crippen LogP contribution in [0.2, 0.25) is 0 Å². The molecule has 0 aliphatic heterocycles. The van der Waals surface area contributed by atoms with Gasteiger partial charge in [0.15, 0.2) is 0 Å². The Morgan fingerprint density at radius 1 is 1.36 bits per heavy atom. The summed E-state index contributed by atoms with van der Waals surface area (Å²) >= 11 is 3.00. The van der Waals surface area contributed by atoms with Crippen LogP contribution >= 0.6 is 15.9 Å². The molecule has 11 heavy (non-hydrogen) atoms. The molecule has 1 aromatic rings. The van der Waals surface area contributed by atoms with Crippen LogP contribution in [0.4, 0.5) is 10.1 Å². The van der Waals surface area contributed by atoms with Gasteiger partial charge < -0.3 is 5.73 Å². The molecule has 0 radical (unpaired) electrons. The molecule has 0 spiro atoms. The zero-order valence-electron chi connectivity index (χ0n) is 6.57. The highest BCUT2D eigenvalue weighted by molar-refractivity contribution is 9.10. The van der Waals surface area contributed by atoms with E-state index in [2.05, 4.69) is 15.9 Å². The number of hydrogen-bond donors (Lipinski definition) is 1. The van der Waals surface area contributed by atoms with E-state index in [1.54, 1.807) is 12.1 Å². The monoisotopic (exact) mass is 219 g/mol. The van der Waals surface area contributed by atoms with Gasteiger partial charge in [-0.1, -0.05) is 13.8 Å². The number of hydrogen-bond acceptors (Lipinski definition) is 1. The van der Waals surface area contributed by atoms with Crippen LogP contribution in [0.25, 0.3) is 0 Å². The third-order valence-electron chi connectivity index (χ3n) is 0.944.